The first-order valence-electron chi connectivity index (χ1n) is 6.34. The lowest BCUT2D eigenvalue weighted by Crippen LogP contribution is -2.22. The fraction of sp³-hybridized carbons (Fsp3) is 0.188. The molecule has 4 heteroatoms. The predicted molar refractivity (Wildman–Crippen MR) is 79.5 cm³/mol. The molecule has 0 heterocycles. The van der Waals surface area contributed by atoms with E-state index in [1.54, 1.807) is 12.1 Å². The molecule has 0 aliphatic rings. The number of carbonyl (C=O) groups excluding carboxylic acids is 1. The van der Waals surface area contributed by atoms with Crippen LogP contribution in [0.5, 0.6) is 0 Å². The lowest BCUT2D eigenvalue weighted by molar-refractivity contribution is 0.0951. The van der Waals surface area contributed by atoms with E-state index in [9.17, 15) is 4.79 Å². The molecular weight excluding hydrogens is 274 g/mol. The first-order valence-corrected chi connectivity index (χ1v) is 6.88. The van der Waals surface area contributed by atoms with E-state index >= 15 is 0 Å². The van der Waals surface area contributed by atoms with Gasteiger partial charge in [0.05, 0.1) is 6.61 Å². The summed E-state index contributed by atoms with van der Waals surface area (Å²) in [5, 5.41) is 11.9. The number of amides is 1. The molecule has 0 spiro atoms. The number of carbonyl (C=O) groups is 1. The molecule has 0 saturated carbocycles. The molecule has 0 aromatic heterocycles. The summed E-state index contributed by atoms with van der Waals surface area (Å²) in [4.78, 5) is 12.0. The van der Waals surface area contributed by atoms with Gasteiger partial charge >= 0.3 is 0 Å². The number of rotatable bonds is 5. The van der Waals surface area contributed by atoms with Crippen molar-refractivity contribution in [2.24, 2.45) is 0 Å². The van der Waals surface area contributed by atoms with Crippen molar-refractivity contribution in [3.63, 3.8) is 0 Å². The van der Waals surface area contributed by atoms with Crippen LogP contribution in [0.15, 0.2) is 48.5 Å². The molecule has 0 saturated heterocycles. The largest absolute Gasteiger partial charge is 0.392 e. The standard InChI is InChI=1S/C16H16ClNO2/c17-9-12-3-2-6-15(8-12)16(20)18-10-13-4-1-5-14(7-13)11-19/h1-8,19H,9-11H2,(H,18,20). The third kappa shape index (κ3) is 3.83. The Balaban J connectivity index is 2.00. The molecule has 0 aliphatic carbocycles. The van der Waals surface area contributed by atoms with Crippen molar-refractivity contribution >= 4 is 17.5 Å². The normalized spacial score (nSPS) is 10.3. The molecule has 2 rings (SSSR count). The molecule has 2 aromatic rings. The zero-order valence-electron chi connectivity index (χ0n) is 11.0. The number of aliphatic hydroxyl groups excluding tert-OH is 1. The monoisotopic (exact) mass is 289 g/mol. The van der Waals surface area contributed by atoms with Crippen LogP contribution in [0.3, 0.4) is 0 Å². The van der Waals surface area contributed by atoms with E-state index in [0.717, 1.165) is 16.7 Å². The van der Waals surface area contributed by atoms with E-state index in [0.29, 0.717) is 18.0 Å². The first kappa shape index (κ1) is 14.6. The second-order valence-electron chi connectivity index (χ2n) is 4.49. The van der Waals surface area contributed by atoms with Crippen LogP contribution in [0, 0.1) is 0 Å². The van der Waals surface area contributed by atoms with Gasteiger partial charge in [-0.2, -0.15) is 0 Å². The second-order valence-corrected chi connectivity index (χ2v) is 4.76. The Morgan fingerprint density at radius 1 is 1.05 bits per heavy atom. The number of benzene rings is 2. The highest BCUT2D eigenvalue weighted by atomic mass is 35.5. The minimum Gasteiger partial charge on any atom is -0.392 e. The molecule has 0 aliphatic heterocycles. The lowest BCUT2D eigenvalue weighted by atomic mass is 10.1. The first-order chi connectivity index (χ1) is 9.72. The molecule has 3 nitrogen and oxygen atoms in total. The molecule has 104 valence electrons. The predicted octanol–water partition coefficient (Wildman–Crippen LogP) is 2.85. The van der Waals surface area contributed by atoms with Gasteiger partial charge in [0.2, 0.25) is 0 Å². The third-order valence-corrected chi connectivity index (χ3v) is 3.28. The summed E-state index contributed by atoms with van der Waals surface area (Å²) in [6.07, 6.45) is 0. The molecule has 0 unspecified atom stereocenters. The summed E-state index contributed by atoms with van der Waals surface area (Å²) >= 11 is 5.75. The van der Waals surface area contributed by atoms with Gasteiger partial charge in [-0.3, -0.25) is 4.79 Å². The van der Waals surface area contributed by atoms with Crippen LogP contribution in [0.2, 0.25) is 0 Å². The van der Waals surface area contributed by atoms with Gasteiger partial charge in [0.15, 0.2) is 0 Å². The molecule has 0 fully saturated rings. The third-order valence-electron chi connectivity index (χ3n) is 2.97. The Hall–Kier alpha value is -1.84. The van der Waals surface area contributed by atoms with Crippen molar-refractivity contribution in [2.75, 3.05) is 0 Å². The van der Waals surface area contributed by atoms with E-state index in [1.807, 2.05) is 36.4 Å². The van der Waals surface area contributed by atoms with Crippen molar-refractivity contribution in [3.8, 4) is 0 Å². The summed E-state index contributed by atoms with van der Waals surface area (Å²) in [7, 11) is 0. The average molecular weight is 290 g/mol. The van der Waals surface area contributed by atoms with Crippen LogP contribution >= 0.6 is 11.6 Å². The molecule has 2 N–H and O–H groups in total. The quantitative estimate of drug-likeness (QED) is 0.832. The van der Waals surface area contributed by atoms with Gasteiger partial charge in [-0.05, 0) is 28.8 Å². The fourth-order valence-corrected chi connectivity index (χ4v) is 2.08. The summed E-state index contributed by atoms with van der Waals surface area (Å²) < 4.78 is 0. The molecule has 0 radical (unpaired) electrons. The summed E-state index contributed by atoms with van der Waals surface area (Å²) in [5.41, 5.74) is 3.31. The van der Waals surface area contributed by atoms with Gasteiger partial charge in [0.1, 0.15) is 0 Å². The molecule has 0 bridgehead atoms. The summed E-state index contributed by atoms with van der Waals surface area (Å²) in [5.74, 6) is 0.256. The molecule has 0 atom stereocenters. The van der Waals surface area contributed by atoms with Gasteiger partial charge in [-0.15, -0.1) is 11.6 Å². The number of halogens is 1. The minimum absolute atomic E-state index is 0.000443. The van der Waals surface area contributed by atoms with Crippen molar-refractivity contribution in [1.29, 1.82) is 0 Å². The average Bonchev–Trinajstić information content (AvgIpc) is 2.52. The maximum absolute atomic E-state index is 12.0. The smallest absolute Gasteiger partial charge is 0.251 e. The van der Waals surface area contributed by atoms with E-state index in [-0.39, 0.29) is 12.5 Å². The highest BCUT2D eigenvalue weighted by molar-refractivity contribution is 6.17. The topological polar surface area (TPSA) is 49.3 Å². The van der Waals surface area contributed by atoms with E-state index in [1.165, 1.54) is 0 Å². The van der Waals surface area contributed by atoms with Crippen molar-refractivity contribution < 1.29 is 9.90 Å². The molecular formula is C16H16ClNO2. The number of aliphatic hydroxyl groups is 1. The van der Waals surface area contributed by atoms with Gasteiger partial charge in [0.25, 0.3) is 5.91 Å². The van der Waals surface area contributed by atoms with Crippen LogP contribution in [0.25, 0.3) is 0 Å². The highest BCUT2D eigenvalue weighted by Gasteiger charge is 2.06. The maximum atomic E-state index is 12.0. The van der Waals surface area contributed by atoms with Crippen LogP contribution in [0.1, 0.15) is 27.0 Å². The van der Waals surface area contributed by atoms with Crippen LogP contribution in [-0.2, 0) is 19.0 Å². The van der Waals surface area contributed by atoms with Gasteiger partial charge in [-0.25, -0.2) is 0 Å². The Labute approximate surface area is 123 Å². The van der Waals surface area contributed by atoms with Crippen LogP contribution in [0.4, 0.5) is 0 Å². The SMILES string of the molecule is O=C(NCc1cccc(CO)c1)c1cccc(CCl)c1. The Morgan fingerprint density at radius 2 is 1.75 bits per heavy atom. The Kier molecular flexibility index (Phi) is 5.16. The Morgan fingerprint density at radius 3 is 2.50 bits per heavy atom. The number of alkyl halides is 1. The summed E-state index contributed by atoms with van der Waals surface area (Å²) in [6.45, 7) is 0.428. The van der Waals surface area contributed by atoms with Crippen molar-refractivity contribution in [3.05, 3.63) is 70.8 Å². The maximum Gasteiger partial charge on any atom is 0.251 e. The van der Waals surface area contributed by atoms with Gasteiger partial charge < -0.3 is 10.4 Å². The Bertz CT molecular complexity index is 599. The minimum atomic E-state index is -0.133. The van der Waals surface area contributed by atoms with Gasteiger partial charge in [-0.1, -0.05) is 36.4 Å². The van der Waals surface area contributed by atoms with E-state index in [2.05, 4.69) is 5.32 Å². The number of nitrogens with one attached hydrogen (secondary N) is 1. The molecule has 1 amide bonds. The molecule has 2 aromatic carbocycles. The van der Waals surface area contributed by atoms with Crippen LogP contribution < -0.4 is 5.32 Å². The number of hydrogen-bond donors (Lipinski definition) is 2. The summed E-state index contributed by atoms with van der Waals surface area (Å²) in [6, 6.07) is 14.7. The fourth-order valence-electron chi connectivity index (χ4n) is 1.92. The van der Waals surface area contributed by atoms with E-state index < -0.39 is 0 Å². The zero-order valence-corrected chi connectivity index (χ0v) is 11.7. The highest BCUT2D eigenvalue weighted by Crippen LogP contribution is 2.09. The van der Waals surface area contributed by atoms with Crippen molar-refractivity contribution in [1.82, 2.24) is 5.32 Å². The number of hydrogen-bond acceptors (Lipinski definition) is 2. The van der Waals surface area contributed by atoms with Crippen molar-refractivity contribution in [2.45, 2.75) is 19.0 Å². The second kappa shape index (κ2) is 7.08. The van der Waals surface area contributed by atoms with Crippen LogP contribution in [-0.4, -0.2) is 11.0 Å². The van der Waals surface area contributed by atoms with E-state index in [4.69, 9.17) is 16.7 Å². The zero-order chi connectivity index (χ0) is 14.4. The lowest BCUT2D eigenvalue weighted by Gasteiger charge is -2.07. The van der Waals surface area contributed by atoms with Gasteiger partial charge in [0, 0.05) is 18.0 Å². The molecule has 20 heavy (non-hydrogen) atoms.